The van der Waals surface area contributed by atoms with Crippen LogP contribution >= 0.6 is 0 Å². The molecule has 0 radical (unpaired) electrons. The van der Waals surface area contributed by atoms with Gasteiger partial charge in [-0.15, -0.1) is 0 Å². The third-order valence-corrected chi connectivity index (χ3v) is 3.97. The first-order valence-corrected chi connectivity index (χ1v) is 7.26. The molecule has 0 aliphatic heterocycles. The van der Waals surface area contributed by atoms with Gasteiger partial charge in [-0.1, -0.05) is 20.8 Å². The van der Waals surface area contributed by atoms with E-state index in [0.717, 1.165) is 44.0 Å². The molecule has 1 aliphatic carbocycles. The smallest absolute Gasteiger partial charge is 0.165 e. The largest absolute Gasteiger partial charge is 0.486 e. The molecule has 20 heavy (non-hydrogen) atoms. The average molecular weight is 283 g/mol. The lowest BCUT2D eigenvalue weighted by Gasteiger charge is -2.41. The van der Waals surface area contributed by atoms with Crippen molar-refractivity contribution >= 4 is 0 Å². The van der Waals surface area contributed by atoms with E-state index in [9.17, 15) is 8.78 Å². The minimum atomic E-state index is -0.509. The van der Waals surface area contributed by atoms with Gasteiger partial charge < -0.3 is 10.1 Å². The maximum absolute atomic E-state index is 13.7. The van der Waals surface area contributed by atoms with Crippen LogP contribution in [0.4, 0.5) is 8.78 Å². The van der Waals surface area contributed by atoms with Crippen molar-refractivity contribution in [2.45, 2.75) is 52.2 Å². The van der Waals surface area contributed by atoms with Crippen molar-refractivity contribution in [2.24, 2.45) is 5.41 Å². The number of ether oxygens (including phenoxy) is 1. The third-order valence-electron chi connectivity index (χ3n) is 3.97. The molecule has 0 spiro atoms. The first-order chi connectivity index (χ1) is 9.41. The Morgan fingerprint density at radius 3 is 2.80 bits per heavy atom. The molecule has 0 amide bonds. The second kappa shape index (κ2) is 6.08. The minimum Gasteiger partial charge on any atom is -0.486 e. The van der Waals surface area contributed by atoms with E-state index in [1.165, 1.54) is 0 Å². The van der Waals surface area contributed by atoms with Crippen LogP contribution < -0.4 is 10.1 Å². The molecular formula is C16H23F2NO. The number of halogens is 2. The van der Waals surface area contributed by atoms with Crippen LogP contribution in [0.2, 0.25) is 0 Å². The Balaban J connectivity index is 2.16. The zero-order valence-electron chi connectivity index (χ0n) is 12.4. The van der Waals surface area contributed by atoms with E-state index in [-0.39, 0.29) is 23.3 Å². The lowest BCUT2D eigenvalue weighted by atomic mass is 9.74. The van der Waals surface area contributed by atoms with Crippen LogP contribution in [0, 0.1) is 17.0 Å². The third kappa shape index (κ3) is 3.69. The summed E-state index contributed by atoms with van der Waals surface area (Å²) < 4.78 is 32.7. The number of benzene rings is 1. The summed E-state index contributed by atoms with van der Waals surface area (Å²) in [6.07, 6.45) is 2.80. The summed E-state index contributed by atoms with van der Waals surface area (Å²) in [6, 6.07) is 3.53. The zero-order valence-corrected chi connectivity index (χ0v) is 12.4. The van der Waals surface area contributed by atoms with Crippen LogP contribution in [0.15, 0.2) is 18.2 Å². The summed E-state index contributed by atoms with van der Waals surface area (Å²) in [4.78, 5) is 0. The fraction of sp³-hybridized carbons (Fsp3) is 0.625. The molecule has 0 heterocycles. The Bertz CT molecular complexity index is 462. The van der Waals surface area contributed by atoms with Crippen LogP contribution in [0.5, 0.6) is 5.75 Å². The van der Waals surface area contributed by atoms with E-state index in [1.54, 1.807) is 0 Å². The lowest BCUT2D eigenvalue weighted by molar-refractivity contribution is 0.0507. The SMILES string of the molecule is CCNC1CCC(C)(C)CC1Oc1cc(F)ccc1F. The Kier molecular flexibility index (Phi) is 4.63. The second-order valence-electron chi connectivity index (χ2n) is 6.30. The van der Waals surface area contributed by atoms with E-state index in [0.29, 0.717) is 0 Å². The van der Waals surface area contributed by atoms with Gasteiger partial charge in [-0.25, -0.2) is 8.78 Å². The van der Waals surface area contributed by atoms with Gasteiger partial charge in [-0.2, -0.15) is 0 Å². The fourth-order valence-corrected chi connectivity index (χ4v) is 2.87. The van der Waals surface area contributed by atoms with Crippen LogP contribution in [-0.2, 0) is 0 Å². The molecule has 2 atom stereocenters. The molecule has 1 N–H and O–H groups in total. The van der Waals surface area contributed by atoms with Crippen molar-refractivity contribution in [1.29, 1.82) is 0 Å². The van der Waals surface area contributed by atoms with Crippen LogP contribution in [0.3, 0.4) is 0 Å². The summed E-state index contributed by atoms with van der Waals surface area (Å²) in [7, 11) is 0. The van der Waals surface area contributed by atoms with Crippen LogP contribution in [0.1, 0.15) is 40.0 Å². The zero-order chi connectivity index (χ0) is 14.8. The van der Waals surface area contributed by atoms with Gasteiger partial charge in [0.15, 0.2) is 11.6 Å². The van der Waals surface area contributed by atoms with E-state index in [4.69, 9.17) is 4.74 Å². The molecule has 112 valence electrons. The van der Waals surface area contributed by atoms with Gasteiger partial charge in [-0.05, 0) is 43.4 Å². The molecule has 1 saturated carbocycles. The van der Waals surface area contributed by atoms with Gasteiger partial charge in [0.2, 0.25) is 0 Å². The Morgan fingerprint density at radius 1 is 1.35 bits per heavy atom. The van der Waals surface area contributed by atoms with Crippen molar-refractivity contribution in [3.05, 3.63) is 29.8 Å². The fourth-order valence-electron chi connectivity index (χ4n) is 2.87. The number of likely N-dealkylation sites (N-methyl/N-ethyl adjacent to an activating group) is 1. The quantitative estimate of drug-likeness (QED) is 0.905. The summed E-state index contributed by atoms with van der Waals surface area (Å²) in [5.41, 5.74) is 0.167. The van der Waals surface area contributed by atoms with E-state index >= 15 is 0 Å². The van der Waals surface area contributed by atoms with Gasteiger partial charge in [0, 0.05) is 12.1 Å². The van der Waals surface area contributed by atoms with E-state index in [1.807, 2.05) is 6.92 Å². The predicted octanol–water partition coefficient (Wildman–Crippen LogP) is 3.90. The highest BCUT2D eigenvalue weighted by Crippen LogP contribution is 2.37. The molecule has 0 aromatic heterocycles. The van der Waals surface area contributed by atoms with Gasteiger partial charge in [0.25, 0.3) is 0 Å². The summed E-state index contributed by atoms with van der Waals surface area (Å²) in [5.74, 6) is -0.975. The molecular weight excluding hydrogens is 260 g/mol. The van der Waals surface area contributed by atoms with Gasteiger partial charge >= 0.3 is 0 Å². The van der Waals surface area contributed by atoms with Crippen LogP contribution in [0.25, 0.3) is 0 Å². The molecule has 1 aliphatic rings. The summed E-state index contributed by atoms with van der Waals surface area (Å²) in [5, 5.41) is 3.39. The standard InChI is InChI=1S/C16H23F2NO/c1-4-19-13-7-8-16(2,3)10-15(13)20-14-9-11(17)5-6-12(14)18/h5-6,9,13,15,19H,4,7-8,10H2,1-3H3. The summed E-state index contributed by atoms with van der Waals surface area (Å²) in [6.45, 7) is 7.26. The van der Waals surface area contributed by atoms with E-state index < -0.39 is 11.6 Å². The minimum absolute atomic E-state index is 0.00982. The predicted molar refractivity (Wildman–Crippen MR) is 75.9 cm³/mol. The normalized spacial score (nSPS) is 25.4. The van der Waals surface area contributed by atoms with Gasteiger partial charge in [-0.3, -0.25) is 0 Å². The van der Waals surface area contributed by atoms with Crippen molar-refractivity contribution in [1.82, 2.24) is 5.32 Å². The highest BCUT2D eigenvalue weighted by atomic mass is 19.1. The Morgan fingerprint density at radius 2 is 2.10 bits per heavy atom. The monoisotopic (exact) mass is 283 g/mol. The van der Waals surface area contributed by atoms with Gasteiger partial charge in [0.05, 0.1) is 0 Å². The Labute approximate surface area is 119 Å². The Hall–Kier alpha value is -1.16. The number of rotatable bonds is 4. The highest BCUT2D eigenvalue weighted by Gasteiger charge is 2.36. The highest BCUT2D eigenvalue weighted by molar-refractivity contribution is 5.25. The second-order valence-corrected chi connectivity index (χ2v) is 6.30. The maximum Gasteiger partial charge on any atom is 0.165 e. The lowest BCUT2D eigenvalue weighted by Crippen LogP contribution is -2.49. The van der Waals surface area contributed by atoms with Crippen molar-refractivity contribution < 1.29 is 13.5 Å². The first kappa shape index (κ1) is 15.2. The average Bonchev–Trinajstić information content (AvgIpc) is 2.37. The summed E-state index contributed by atoms with van der Waals surface area (Å²) >= 11 is 0. The van der Waals surface area contributed by atoms with Gasteiger partial charge in [0.1, 0.15) is 11.9 Å². The van der Waals surface area contributed by atoms with Crippen molar-refractivity contribution in [3.8, 4) is 5.75 Å². The molecule has 1 fully saturated rings. The van der Waals surface area contributed by atoms with Crippen molar-refractivity contribution in [3.63, 3.8) is 0 Å². The molecule has 2 rings (SSSR count). The maximum atomic E-state index is 13.7. The topological polar surface area (TPSA) is 21.3 Å². The molecule has 1 aromatic rings. The van der Waals surface area contributed by atoms with E-state index in [2.05, 4.69) is 19.2 Å². The number of hydrogen-bond acceptors (Lipinski definition) is 2. The molecule has 1 aromatic carbocycles. The number of nitrogens with one attached hydrogen (secondary N) is 1. The molecule has 0 saturated heterocycles. The molecule has 0 bridgehead atoms. The molecule has 2 unspecified atom stereocenters. The molecule has 4 heteroatoms. The van der Waals surface area contributed by atoms with Crippen molar-refractivity contribution in [2.75, 3.05) is 6.54 Å². The first-order valence-electron chi connectivity index (χ1n) is 7.26. The number of hydrogen-bond donors (Lipinski definition) is 1. The molecule has 2 nitrogen and oxygen atoms in total. The van der Waals surface area contributed by atoms with Crippen LogP contribution in [-0.4, -0.2) is 18.7 Å².